The van der Waals surface area contributed by atoms with Crippen LogP contribution in [0.2, 0.25) is 0 Å². The van der Waals surface area contributed by atoms with Crippen LogP contribution < -0.4 is 20.7 Å². The zero-order valence-corrected chi connectivity index (χ0v) is 24.8. The summed E-state index contributed by atoms with van der Waals surface area (Å²) in [7, 11) is 0.0354. The Morgan fingerprint density at radius 2 is 1.76 bits per heavy atom. The second-order valence-corrected chi connectivity index (χ2v) is 12.4. The average molecular weight is 607 g/mol. The number of hydrogen-bond donors (Lipinski definition) is 3. The maximum absolute atomic E-state index is 13.6. The molecule has 228 valence electrons. The standard InChI is InChI=1S/C30H37F3N4O4S/c1-34-21-9-11-22(12-10-21)36-26-7-4-8-28-25(26)18-23(37(28)20-30(31,32)33)6-5-15-35-27-14-13-24(42(3,38)39)19-29(27)41-17-16-40-2/h4,7-8,13-14,18-19,21-22,34-36H,9-12,15-17,20H2,1-3H3/t21-,22-. The Kier molecular flexibility index (Phi) is 10.3. The summed E-state index contributed by atoms with van der Waals surface area (Å²) in [5.41, 5.74) is 2.01. The van der Waals surface area contributed by atoms with E-state index in [0.717, 1.165) is 37.6 Å². The number of aromatic nitrogens is 1. The van der Waals surface area contributed by atoms with E-state index in [0.29, 0.717) is 35.0 Å². The van der Waals surface area contributed by atoms with Crippen molar-refractivity contribution >= 4 is 32.1 Å². The zero-order chi connectivity index (χ0) is 30.3. The predicted molar refractivity (Wildman–Crippen MR) is 159 cm³/mol. The number of nitrogens with zero attached hydrogens (tertiary/aromatic N) is 1. The van der Waals surface area contributed by atoms with E-state index >= 15 is 0 Å². The molecule has 0 unspecified atom stereocenters. The number of benzene rings is 2. The Hall–Kier alpha value is -3.40. The molecular formula is C30H37F3N4O4S. The van der Waals surface area contributed by atoms with Gasteiger partial charge >= 0.3 is 6.18 Å². The van der Waals surface area contributed by atoms with Gasteiger partial charge in [-0.3, -0.25) is 0 Å². The number of alkyl halides is 3. The molecular weight excluding hydrogens is 569 g/mol. The monoisotopic (exact) mass is 606 g/mol. The average Bonchev–Trinajstić information content (AvgIpc) is 3.28. The van der Waals surface area contributed by atoms with Crippen LogP contribution in [0.25, 0.3) is 10.9 Å². The first-order valence-corrected chi connectivity index (χ1v) is 15.7. The van der Waals surface area contributed by atoms with E-state index in [1.165, 1.54) is 23.8 Å². The maximum atomic E-state index is 13.6. The Bertz CT molecular complexity index is 1540. The number of hydrogen-bond acceptors (Lipinski definition) is 7. The van der Waals surface area contributed by atoms with Crippen molar-refractivity contribution in [2.24, 2.45) is 0 Å². The van der Waals surface area contributed by atoms with Gasteiger partial charge in [0.1, 0.15) is 18.9 Å². The largest absolute Gasteiger partial charge is 0.489 e. The molecule has 1 aliphatic carbocycles. The molecule has 8 nitrogen and oxygen atoms in total. The minimum absolute atomic E-state index is 0.0895. The highest BCUT2D eigenvalue weighted by Gasteiger charge is 2.30. The van der Waals surface area contributed by atoms with E-state index in [-0.39, 0.29) is 29.8 Å². The second kappa shape index (κ2) is 13.7. The summed E-state index contributed by atoms with van der Waals surface area (Å²) in [4.78, 5) is 0.0997. The van der Waals surface area contributed by atoms with Crippen molar-refractivity contribution in [1.29, 1.82) is 0 Å². The lowest BCUT2D eigenvalue weighted by Crippen LogP contribution is -2.34. The summed E-state index contributed by atoms with van der Waals surface area (Å²) in [6, 6.07) is 12.2. The van der Waals surface area contributed by atoms with Gasteiger partial charge in [-0.25, -0.2) is 8.42 Å². The molecule has 0 atom stereocenters. The summed E-state index contributed by atoms with van der Waals surface area (Å²) < 4.78 is 76.7. The first-order valence-electron chi connectivity index (χ1n) is 13.8. The summed E-state index contributed by atoms with van der Waals surface area (Å²) in [6.07, 6.45) is 0.719. The molecule has 42 heavy (non-hydrogen) atoms. The third kappa shape index (κ3) is 8.33. The van der Waals surface area contributed by atoms with Gasteiger partial charge in [-0.15, -0.1) is 0 Å². The Labute approximate surface area is 244 Å². The minimum Gasteiger partial charge on any atom is -0.489 e. The number of methoxy groups -OCH3 is 1. The van der Waals surface area contributed by atoms with E-state index in [2.05, 4.69) is 27.8 Å². The molecule has 0 amide bonds. The molecule has 1 aliphatic rings. The summed E-state index contributed by atoms with van der Waals surface area (Å²) in [5, 5.41) is 10.6. The van der Waals surface area contributed by atoms with Crippen LogP contribution in [-0.4, -0.2) is 71.4 Å². The van der Waals surface area contributed by atoms with Crippen molar-refractivity contribution in [1.82, 2.24) is 9.88 Å². The van der Waals surface area contributed by atoms with E-state index < -0.39 is 22.6 Å². The number of halogens is 3. The van der Waals surface area contributed by atoms with E-state index in [1.807, 2.05) is 13.1 Å². The smallest absolute Gasteiger partial charge is 0.406 e. The predicted octanol–water partition coefficient (Wildman–Crippen LogP) is 5.04. The minimum atomic E-state index is -4.43. The topological polar surface area (TPSA) is 93.6 Å². The van der Waals surface area contributed by atoms with Crippen LogP contribution in [0.1, 0.15) is 31.4 Å². The van der Waals surface area contributed by atoms with Gasteiger partial charge in [0.15, 0.2) is 9.84 Å². The van der Waals surface area contributed by atoms with Gasteiger partial charge in [-0.05, 0) is 69.0 Å². The number of fused-ring (bicyclic) bond motifs is 1. The molecule has 0 spiro atoms. The van der Waals surface area contributed by atoms with Gasteiger partial charge in [-0.1, -0.05) is 12.0 Å². The third-order valence-electron chi connectivity index (χ3n) is 7.29. The highest BCUT2D eigenvalue weighted by Crippen LogP contribution is 2.32. The molecule has 12 heteroatoms. The van der Waals surface area contributed by atoms with Crippen LogP contribution in [0.4, 0.5) is 24.5 Å². The molecule has 4 rings (SSSR count). The lowest BCUT2D eigenvalue weighted by Gasteiger charge is -2.29. The molecule has 0 saturated heterocycles. The van der Waals surface area contributed by atoms with Gasteiger partial charge in [-0.2, -0.15) is 13.2 Å². The molecule has 3 N–H and O–H groups in total. The zero-order valence-electron chi connectivity index (χ0n) is 24.0. The van der Waals surface area contributed by atoms with Gasteiger partial charge in [0.25, 0.3) is 0 Å². The normalized spacial score (nSPS) is 17.5. The molecule has 3 aromatic rings. The van der Waals surface area contributed by atoms with Crippen molar-refractivity contribution in [2.75, 3.05) is 50.8 Å². The fourth-order valence-electron chi connectivity index (χ4n) is 5.12. The highest BCUT2D eigenvalue weighted by atomic mass is 32.2. The first kappa shape index (κ1) is 31.5. The Morgan fingerprint density at radius 3 is 2.43 bits per heavy atom. The molecule has 1 heterocycles. The molecule has 1 aromatic heterocycles. The fraction of sp³-hybridized carbons (Fsp3) is 0.467. The number of anilines is 2. The van der Waals surface area contributed by atoms with Crippen molar-refractivity contribution in [3.8, 4) is 17.6 Å². The summed E-state index contributed by atoms with van der Waals surface area (Å²) in [5.74, 6) is 6.13. The SMILES string of the molecule is CN[C@H]1CC[C@H](Nc2cccc3c2cc(C#CCNc2ccc(S(C)(=O)=O)cc2OCCOC)n3CC(F)(F)F)CC1. The lowest BCUT2D eigenvalue weighted by molar-refractivity contribution is -0.140. The first-order chi connectivity index (χ1) is 20.0. The van der Waals surface area contributed by atoms with Gasteiger partial charge in [0.2, 0.25) is 0 Å². The number of ether oxygens (including phenoxy) is 2. The third-order valence-corrected chi connectivity index (χ3v) is 8.40. The van der Waals surface area contributed by atoms with Crippen LogP contribution in [-0.2, 0) is 21.1 Å². The quantitative estimate of drug-likeness (QED) is 0.208. The second-order valence-electron chi connectivity index (χ2n) is 10.4. The summed E-state index contributed by atoms with van der Waals surface area (Å²) in [6.45, 7) is -0.559. The maximum Gasteiger partial charge on any atom is 0.406 e. The van der Waals surface area contributed by atoms with Crippen LogP contribution in [0.3, 0.4) is 0 Å². The van der Waals surface area contributed by atoms with Gasteiger partial charge in [0, 0.05) is 42.6 Å². The van der Waals surface area contributed by atoms with E-state index in [4.69, 9.17) is 9.47 Å². The van der Waals surface area contributed by atoms with Crippen LogP contribution in [0.15, 0.2) is 47.4 Å². The van der Waals surface area contributed by atoms with Gasteiger partial charge in [0.05, 0.1) is 34.9 Å². The van der Waals surface area contributed by atoms with Crippen LogP contribution in [0, 0.1) is 11.8 Å². The van der Waals surface area contributed by atoms with Crippen LogP contribution >= 0.6 is 0 Å². The van der Waals surface area contributed by atoms with Crippen molar-refractivity contribution < 1.29 is 31.1 Å². The van der Waals surface area contributed by atoms with E-state index in [9.17, 15) is 21.6 Å². The number of sulfone groups is 1. The number of nitrogens with one attached hydrogen (secondary N) is 3. The Morgan fingerprint density at radius 1 is 1.02 bits per heavy atom. The molecule has 1 fully saturated rings. The van der Waals surface area contributed by atoms with E-state index in [1.54, 1.807) is 24.3 Å². The Balaban J connectivity index is 1.57. The lowest BCUT2D eigenvalue weighted by atomic mass is 9.91. The van der Waals surface area contributed by atoms with Crippen molar-refractivity contribution in [3.05, 3.63) is 48.2 Å². The molecule has 0 aliphatic heterocycles. The molecule has 0 radical (unpaired) electrons. The van der Waals surface area contributed by atoms with Crippen LogP contribution in [0.5, 0.6) is 5.75 Å². The fourth-order valence-corrected chi connectivity index (χ4v) is 5.75. The molecule has 2 aromatic carbocycles. The van der Waals surface area contributed by atoms with Crippen molar-refractivity contribution in [3.63, 3.8) is 0 Å². The summed E-state index contributed by atoms with van der Waals surface area (Å²) >= 11 is 0. The van der Waals surface area contributed by atoms with Gasteiger partial charge < -0.3 is 30.0 Å². The molecule has 0 bridgehead atoms. The molecule has 1 saturated carbocycles. The van der Waals surface area contributed by atoms with Crippen molar-refractivity contribution in [2.45, 2.75) is 55.4 Å². The highest BCUT2D eigenvalue weighted by molar-refractivity contribution is 7.90. The number of rotatable bonds is 11.